The molecule has 2 aromatic carbocycles. The summed E-state index contributed by atoms with van der Waals surface area (Å²) in [7, 11) is 1.72. The molecule has 0 aromatic heterocycles. The normalized spacial score (nSPS) is 19.3. The van der Waals surface area contributed by atoms with Crippen LogP contribution in [0.4, 0.5) is 0 Å². The largest absolute Gasteiger partial charge is 0.379 e. The summed E-state index contributed by atoms with van der Waals surface area (Å²) in [6.07, 6.45) is 1.31. The highest BCUT2D eigenvalue weighted by Crippen LogP contribution is 2.38. The van der Waals surface area contributed by atoms with Gasteiger partial charge < -0.3 is 9.47 Å². The van der Waals surface area contributed by atoms with E-state index in [2.05, 4.69) is 36.4 Å². The summed E-state index contributed by atoms with van der Waals surface area (Å²) < 4.78 is 11.2. The van der Waals surface area contributed by atoms with Crippen LogP contribution in [0.25, 0.3) is 10.8 Å². The van der Waals surface area contributed by atoms with E-state index in [1.54, 1.807) is 7.11 Å². The van der Waals surface area contributed by atoms with Crippen molar-refractivity contribution in [2.24, 2.45) is 0 Å². The summed E-state index contributed by atoms with van der Waals surface area (Å²) in [5, 5.41) is 2.70. The molecule has 1 aliphatic carbocycles. The maximum absolute atomic E-state index is 6.00. The van der Waals surface area contributed by atoms with Crippen molar-refractivity contribution in [1.82, 2.24) is 0 Å². The molecule has 0 radical (unpaired) electrons. The van der Waals surface area contributed by atoms with Gasteiger partial charge in [-0.05, 0) is 28.8 Å². The van der Waals surface area contributed by atoms with Gasteiger partial charge in [-0.2, -0.15) is 0 Å². The van der Waals surface area contributed by atoms with Crippen LogP contribution in [0.5, 0.6) is 0 Å². The zero-order chi connectivity index (χ0) is 12.5. The summed E-state index contributed by atoms with van der Waals surface area (Å²) in [5.41, 5.74) is 2.73. The van der Waals surface area contributed by atoms with Gasteiger partial charge in [-0.15, -0.1) is 0 Å². The highest BCUT2D eigenvalue weighted by atomic mass is 16.5. The van der Waals surface area contributed by atoms with E-state index in [0.29, 0.717) is 6.61 Å². The van der Waals surface area contributed by atoms with Gasteiger partial charge in [0.25, 0.3) is 0 Å². The first-order chi connectivity index (χ1) is 8.79. The third kappa shape index (κ3) is 1.92. The Bertz CT molecular complexity index is 557. The summed E-state index contributed by atoms with van der Waals surface area (Å²) >= 11 is 0. The molecule has 18 heavy (non-hydrogen) atoms. The van der Waals surface area contributed by atoms with Gasteiger partial charge in [0.05, 0.1) is 18.8 Å². The van der Waals surface area contributed by atoms with E-state index in [-0.39, 0.29) is 12.2 Å². The lowest BCUT2D eigenvalue weighted by molar-refractivity contribution is -0.0185. The molecule has 0 saturated carbocycles. The minimum atomic E-state index is 0.146. The molecule has 0 aliphatic heterocycles. The fourth-order valence-corrected chi connectivity index (χ4v) is 2.67. The van der Waals surface area contributed by atoms with Gasteiger partial charge in [0.2, 0.25) is 0 Å². The first-order valence-corrected chi connectivity index (χ1v) is 6.44. The SMILES string of the molecule is COC(C)COC1Cc2cccc3cccc1c23. The zero-order valence-corrected chi connectivity index (χ0v) is 10.8. The van der Waals surface area contributed by atoms with Crippen LogP contribution in [0.1, 0.15) is 24.2 Å². The molecular formula is C16H18O2. The van der Waals surface area contributed by atoms with E-state index in [9.17, 15) is 0 Å². The number of rotatable bonds is 4. The van der Waals surface area contributed by atoms with Crippen molar-refractivity contribution < 1.29 is 9.47 Å². The number of hydrogen-bond donors (Lipinski definition) is 0. The third-order valence-electron chi connectivity index (χ3n) is 3.71. The molecule has 2 heteroatoms. The minimum absolute atomic E-state index is 0.146. The van der Waals surface area contributed by atoms with Crippen molar-refractivity contribution in [3.8, 4) is 0 Å². The highest BCUT2D eigenvalue weighted by Gasteiger charge is 2.24. The van der Waals surface area contributed by atoms with Gasteiger partial charge in [-0.3, -0.25) is 0 Å². The Kier molecular flexibility index (Phi) is 3.06. The molecule has 2 unspecified atom stereocenters. The van der Waals surface area contributed by atoms with E-state index in [4.69, 9.17) is 9.47 Å². The standard InChI is InChI=1S/C16H18O2/c1-11(17-2)10-18-15-9-13-7-3-5-12-6-4-8-14(15)16(12)13/h3-8,11,15H,9-10H2,1-2H3. The summed E-state index contributed by atoms with van der Waals surface area (Å²) in [4.78, 5) is 0. The summed E-state index contributed by atoms with van der Waals surface area (Å²) in [5.74, 6) is 0. The second kappa shape index (κ2) is 4.71. The molecule has 94 valence electrons. The lowest BCUT2D eigenvalue weighted by atomic mass is 10.1. The van der Waals surface area contributed by atoms with Gasteiger partial charge >= 0.3 is 0 Å². The van der Waals surface area contributed by atoms with Gasteiger partial charge in [0, 0.05) is 13.5 Å². The Hall–Kier alpha value is -1.38. The first-order valence-electron chi connectivity index (χ1n) is 6.44. The molecule has 0 heterocycles. The summed E-state index contributed by atoms with van der Waals surface area (Å²) in [6.45, 7) is 2.67. The minimum Gasteiger partial charge on any atom is -0.379 e. The van der Waals surface area contributed by atoms with Gasteiger partial charge in [0.1, 0.15) is 0 Å². The van der Waals surface area contributed by atoms with E-state index in [1.807, 2.05) is 6.92 Å². The lowest BCUT2D eigenvalue weighted by Gasteiger charge is -2.16. The number of methoxy groups -OCH3 is 1. The zero-order valence-electron chi connectivity index (χ0n) is 10.8. The Labute approximate surface area is 108 Å². The van der Waals surface area contributed by atoms with Crippen LogP contribution >= 0.6 is 0 Å². The molecule has 2 nitrogen and oxygen atoms in total. The molecule has 0 N–H and O–H groups in total. The lowest BCUT2D eigenvalue weighted by Crippen LogP contribution is -2.16. The number of hydrogen-bond acceptors (Lipinski definition) is 2. The van der Waals surface area contributed by atoms with Crippen LogP contribution in [0.15, 0.2) is 36.4 Å². The maximum Gasteiger partial charge on any atom is 0.0872 e. The van der Waals surface area contributed by atoms with E-state index >= 15 is 0 Å². The van der Waals surface area contributed by atoms with Crippen molar-refractivity contribution in [2.45, 2.75) is 25.6 Å². The quantitative estimate of drug-likeness (QED) is 0.817. The smallest absolute Gasteiger partial charge is 0.0872 e. The third-order valence-corrected chi connectivity index (χ3v) is 3.71. The van der Waals surface area contributed by atoms with Crippen molar-refractivity contribution in [3.63, 3.8) is 0 Å². The molecular weight excluding hydrogens is 224 g/mol. The average molecular weight is 242 g/mol. The monoisotopic (exact) mass is 242 g/mol. The van der Waals surface area contributed by atoms with Gasteiger partial charge in [-0.25, -0.2) is 0 Å². The van der Waals surface area contributed by atoms with Crippen molar-refractivity contribution in [1.29, 1.82) is 0 Å². The molecule has 1 aliphatic rings. The van der Waals surface area contributed by atoms with Crippen LogP contribution < -0.4 is 0 Å². The topological polar surface area (TPSA) is 18.5 Å². The van der Waals surface area contributed by atoms with Crippen molar-refractivity contribution in [2.75, 3.05) is 13.7 Å². The summed E-state index contributed by atoms with van der Waals surface area (Å²) in [6, 6.07) is 13.0. The molecule has 0 bridgehead atoms. The Morgan fingerprint density at radius 1 is 1.22 bits per heavy atom. The van der Waals surface area contributed by atoms with Crippen molar-refractivity contribution >= 4 is 10.8 Å². The van der Waals surface area contributed by atoms with Gasteiger partial charge in [0.15, 0.2) is 0 Å². The van der Waals surface area contributed by atoms with E-state index < -0.39 is 0 Å². The molecule has 0 amide bonds. The molecule has 0 spiro atoms. The second-order valence-corrected chi connectivity index (χ2v) is 4.93. The van der Waals surface area contributed by atoms with E-state index in [0.717, 1.165) is 6.42 Å². The predicted octanol–water partition coefficient (Wildman–Crippen LogP) is 3.49. The van der Waals surface area contributed by atoms with Gasteiger partial charge in [-0.1, -0.05) is 36.4 Å². The Balaban J connectivity index is 1.89. The molecule has 0 saturated heterocycles. The molecule has 3 rings (SSSR count). The van der Waals surface area contributed by atoms with Crippen LogP contribution in [0.3, 0.4) is 0 Å². The maximum atomic E-state index is 6.00. The Morgan fingerprint density at radius 2 is 2.00 bits per heavy atom. The fourth-order valence-electron chi connectivity index (χ4n) is 2.67. The van der Waals surface area contributed by atoms with Crippen LogP contribution in [0.2, 0.25) is 0 Å². The highest BCUT2D eigenvalue weighted by molar-refractivity contribution is 5.91. The van der Waals surface area contributed by atoms with Crippen LogP contribution in [-0.4, -0.2) is 19.8 Å². The fraction of sp³-hybridized carbons (Fsp3) is 0.375. The molecule has 2 aromatic rings. The molecule has 0 fully saturated rings. The van der Waals surface area contributed by atoms with E-state index in [1.165, 1.54) is 21.9 Å². The average Bonchev–Trinajstić information content (AvgIpc) is 2.77. The first kappa shape index (κ1) is 11.7. The number of ether oxygens (including phenoxy) is 2. The predicted molar refractivity (Wildman–Crippen MR) is 72.8 cm³/mol. The second-order valence-electron chi connectivity index (χ2n) is 4.93. The Morgan fingerprint density at radius 3 is 2.78 bits per heavy atom. The molecule has 2 atom stereocenters. The van der Waals surface area contributed by atoms with Crippen LogP contribution in [0, 0.1) is 0 Å². The number of benzene rings is 2. The van der Waals surface area contributed by atoms with Crippen LogP contribution in [-0.2, 0) is 15.9 Å². The van der Waals surface area contributed by atoms with Crippen molar-refractivity contribution in [3.05, 3.63) is 47.5 Å².